The molecular weight excluding hydrogens is 230 g/mol. The molecular formula is C14H17NO3. The second-order valence-electron chi connectivity index (χ2n) is 5.34. The fourth-order valence-electron chi connectivity index (χ4n) is 1.88. The number of ether oxygens (including phenoxy) is 1. The molecule has 96 valence electrons. The number of amides is 1. The summed E-state index contributed by atoms with van der Waals surface area (Å²) in [5.74, 6) is -0.579. The van der Waals surface area contributed by atoms with Gasteiger partial charge in [0.05, 0.1) is 5.41 Å². The van der Waals surface area contributed by atoms with E-state index in [1.165, 1.54) is 0 Å². The third-order valence-corrected chi connectivity index (χ3v) is 3.11. The molecule has 4 heteroatoms. The predicted octanol–water partition coefficient (Wildman–Crippen LogP) is 2.28. The van der Waals surface area contributed by atoms with Crippen molar-refractivity contribution in [2.75, 3.05) is 5.32 Å². The van der Waals surface area contributed by atoms with Crippen molar-refractivity contribution in [3.8, 4) is 0 Å². The summed E-state index contributed by atoms with van der Waals surface area (Å²) >= 11 is 0. The number of rotatable bonds is 2. The van der Waals surface area contributed by atoms with Gasteiger partial charge in [-0.1, -0.05) is 17.7 Å². The highest BCUT2D eigenvalue weighted by Gasteiger charge is 2.44. The van der Waals surface area contributed by atoms with Crippen LogP contribution >= 0.6 is 0 Å². The van der Waals surface area contributed by atoms with E-state index in [2.05, 4.69) is 5.32 Å². The van der Waals surface area contributed by atoms with Crippen LogP contribution in [0.4, 0.5) is 5.69 Å². The smallest absolute Gasteiger partial charge is 0.312 e. The van der Waals surface area contributed by atoms with E-state index in [0.717, 1.165) is 5.56 Å². The number of nitrogens with one attached hydrogen (secondary N) is 1. The Morgan fingerprint density at radius 1 is 1.33 bits per heavy atom. The molecule has 1 atom stereocenters. The summed E-state index contributed by atoms with van der Waals surface area (Å²) in [6, 6.07) is 7.49. The van der Waals surface area contributed by atoms with Crippen LogP contribution in [-0.2, 0) is 14.3 Å². The molecule has 1 aliphatic rings. The molecule has 1 amide bonds. The highest BCUT2D eigenvalue weighted by molar-refractivity contribution is 5.97. The van der Waals surface area contributed by atoms with E-state index in [1.54, 1.807) is 13.8 Å². The molecule has 0 aromatic heterocycles. The first-order chi connectivity index (χ1) is 8.38. The molecule has 0 aliphatic carbocycles. The quantitative estimate of drug-likeness (QED) is 0.816. The zero-order valence-electron chi connectivity index (χ0n) is 10.8. The van der Waals surface area contributed by atoms with Crippen LogP contribution in [-0.4, -0.2) is 18.0 Å². The van der Waals surface area contributed by atoms with Gasteiger partial charge >= 0.3 is 5.97 Å². The third kappa shape index (κ3) is 2.53. The molecule has 1 fully saturated rings. The molecule has 0 radical (unpaired) electrons. The summed E-state index contributed by atoms with van der Waals surface area (Å²) in [6.07, 6.45) is -0.266. The monoisotopic (exact) mass is 247 g/mol. The molecule has 2 rings (SSSR count). The van der Waals surface area contributed by atoms with Crippen LogP contribution in [0.25, 0.3) is 0 Å². The van der Waals surface area contributed by atoms with Crippen molar-refractivity contribution in [2.45, 2.75) is 33.3 Å². The van der Waals surface area contributed by atoms with E-state index in [4.69, 9.17) is 4.74 Å². The molecule has 1 unspecified atom stereocenters. The van der Waals surface area contributed by atoms with Gasteiger partial charge in [0, 0.05) is 12.1 Å². The zero-order valence-corrected chi connectivity index (χ0v) is 10.8. The Balaban J connectivity index is 2.01. The number of benzene rings is 1. The first-order valence-electron chi connectivity index (χ1n) is 5.97. The van der Waals surface area contributed by atoms with E-state index < -0.39 is 11.5 Å². The summed E-state index contributed by atoms with van der Waals surface area (Å²) < 4.78 is 5.08. The molecule has 1 aliphatic heterocycles. The maximum atomic E-state index is 11.9. The van der Waals surface area contributed by atoms with Gasteiger partial charge in [-0.05, 0) is 32.9 Å². The van der Waals surface area contributed by atoms with Gasteiger partial charge in [0.25, 0.3) is 5.91 Å². The van der Waals surface area contributed by atoms with Crippen LogP contribution in [0.2, 0.25) is 0 Å². The van der Waals surface area contributed by atoms with Crippen LogP contribution in [0.15, 0.2) is 24.3 Å². The van der Waals surface area contributed by atoms with Crippen molar-refractivity contribution in [3.05, 3.63) is 29.8 Å². The molecule has 4 nitrogen and oxygen atoms in total. The molecule has 0 bridgehead atoms. The normalized spacial score (nSPS) is 21.5. The molecule has 18 heavy (non-hydrogen) atoms. The lowest BCUT2D eigenvalue weighted by Gasteiger charge is -2.11. The number of hydrogen-bond acceptors (Lipinski definition) is 3. The Morgan fingerprint density at radius 2 is 1.94 bits per heavy atom. The number of carbonyl (C=O) groups excluding carboxylic acids is 2. The summed E-state index contributed by atoms with van der Waals surface area (Å²) in [5.41, 5.74) is 1.27. The molecule has 1 aromatic rings. The number of anilines is 1. The van der Waals surface area contributed by atoms with E-state index in [-0.39, 0.29) is 11.9 Å². The predicted molar refractivity (Wildman–Crippen MR) is 68.1 cm³/mol. The standard InChI is InChI=1S/C14H17NO3/c1-9-4-6-10(7-5-9)15-12(16)11-8-14(2,3)13(17)18-11/h4-7,11H,8H2,1-3H3,(H,15,16). The van der Waals surface area contributed by atoms with Crippen molar-refractivity contribution in [1.82, 2.24) is 0 Å². The maximum Gasteiger partial charge on any atom is 0.312 e. The van der Waals surface area contributed by atoms with Gasteiger partial charge in [0.2, 0.25) is 0 Å². The van der Waals surface area contributed by atoms with Crippen LogP contribution in [0, 0.1) is 12.3 Å². The lowest BCUT2D eigenvalue weighted by Crippen LogP contribution is -2.27. The zero-order chi connectivity index (χ0) is 13.3. The minimum absolute atomic E-state index is 0.266. The highest BCUT2D eigenvalue weighted by Crippen LogP contribution is 2.33. The van der Waals surface area contributed by atoms with Crippen molar-refractivity contribution in [3.63, 3.8) is 0 Å². The molecule has 1 heterocycles. The van der Waals surface area contributed by atoms with Gasteiger partial charge in [-0.15, -0.1) is 0 Å². The second kappa shape index (κ2) is 4.44. The third-order valence-electron chi connectivity index (χ3n) is 3.11. The Kier molecular flexibility index (Phi) is 3.11. The van der Waals surface area contributed by atoms with Gasteiger partial charge in [0.15, 0.2) is 6.10 Å². The average Bonchev–Trinajstić information content (AvgIpc) is 2.57. The van der Waals surface area contributed by atoms with Crippen LogP contribution in [0.3, 0.4) is 0 Å². The van der Waals surface area contributed by atoms with Gasteiger partial charge in [-0.25, -0.2) is 0 Å². The minimum Gasteiger partial charge on any atom is -0.452 e. The fraction of sp³-hybridized carbons (Fsp3) is 0.429. The SMILES string of the molecule is Cc1ccc(NC(=O)C2CC(C)(C)C(=O)O2)cc1. The second-order valence-corrected chi connectivity index (χ2v) is 5.34. The topological polar surface area (TPSA) is 55.4 Å². The Morgan fingerprint density at radius 3 is 2.44 bits per heavy atom. The first kappa shape index (κ1) is 12.6. The van der Waals surface area contributed by atoms with E-state index >= 15 is 0 Å². The number of cyclic esters (lactones) is 1. The van der Waals surface area contributed by atoms with Crippen molar-refractivity contribution in [1.29, 1.82) is 0 Å². The summed E-state index contributed by atoms with van der Waals surface area (Å²) in [5, 5.41) is 2.75. The number of carbonyl (C=O) groups is 2. The van der Waals surface area contributed by atoms with Crippen LogP contribution in [0.5, 0.6) is 0 Å². The molecule has 1 aromatic carbocycles. The van der Waals surface area contributed by atoms with Crippen molar-refractivity contribution in [2.24, 2.45) is 5.41 Å². The lowest BCUT2D eigenvalue weighted by atomic mass is 9.90. The lowest BCUT2D eigenvalue weighted by molar-refractivity contribution is -0.150. The molecule has 1 saturated heterocycles. The number of hydrogen-bond donors (Lipinski definition) is 1. The van der Waals surface area contributed by atoms with E-state index in [0.29, 0.717) is 12.1 Å². The van der Waals surface area contributed by atoms with E-state index in [1.807, 2.05) is 31.2 Å². The molecule has 1 N–H and O–H groups in total. The molecule has 0 saturated carbocycles. The Labute approximate surface area is 106 Å². The summed E-state index contributed by atoms with van der Waals surface area (Å²) in [7, 11) is 0. The van der Waals surface area contributed by atoms with Crippen LogP contribution in [0.1, 0.15) is 25.8 Å². The Hall–Kier alpha value is -1.84. The fourth-order valence-corrected chi connectivity index (χ4v) is 1.88. The highest BCUT2D eigenvalue weighted by atomic mass is 16.6. The van der Waals surface area contributed by atoms with Crippen LogP contribution < -0.4 is 5.32 Å². The average molecular weight is 247 g/mol. The van der Waals surface area contributed by atoms with Gasteiger partial charge in [-0.2, -0.15) is 0 Å². The number of aryl methyl sites for hydroxylation is 1. The van der Waals surface area contributed by atoms with Gasteiger partial charge in [-0.3, -0.25) is 9.59 Å². The first-order valence-corrected chi connectivity index (χ1v) is 5.97. The van der Waals surface area contributed by atoms with Crippen molar-refractivity contribution < 1.29 is 14.3 Å². The minimum atomic E-state index is -0.686. The summed E-state index contributed by atoms with van der Waals surface area (Å²) in [6.45, 7) is 5.55. The van der Waals surface area contributed by atoms with Crippen molar-refractivity contribution >= 4 is 17.6 Å². The van der Waals surface area contributed by atoms with Gasteiger partial charge < -0.3 is 10.1 Å². The Bertz CT molecular complexity index is 476. The largest absolute Gasteiger partial charge is 0.452 e. The number of esters is 1. The van der Waals surface area contributed by atoms with Gasteiger partial charge in [0.1, 0.15) is 0 Å². The molecule has 0 spiro atoms. The van der Waals surface area contributed by atoms with E-state index in [9.17, 15) is 9.59 Å². The summed E-state index contributed by atoms with van der Waals surface area (Å²) in [4.78, 5) is 23.5. The maximum absolute atomic E-state index is 11.9.